The van der Waals surface area contributed by atoms with E-state index in [-0.39, 0.29) is 88.5 Å². The number of amides is 1. The van der Waals surface area contributed by atoms with E-state index in [0.717, 1.165) is 24.6 Å². The monoisotopic (exact) mass is 715 g/mol. The van der Waals surface area contributed by atoms with E-state index in [1.54, 1.807) is 11.8 Å². The van der Waals surface area contributed by atoms with Gasteiger partial charge in [-0.25, -0.2) is 13.2 Å². The molecular formula is C34H31F6N7O2S. The van der Waals surface area contributed by atoms with Crippen LogP contribution < -0.4 is 15.4 Å². The average Bonchev–Trinajstić information content (AvgIpc) is 3.72. The minimum atomic E-state index is -5.12. The molecule has 0 aliphatic carbocycles. The first-order chi connectivity index (χ1) is 23.8. The van der Waals surface area contributed by atoms with Crippen LogP contribution in [0, 0.1) is 23.0 Å². The van der Waals surface area contributed by atoms with Crippen LogP contribution >= 0.6 is 11.3 Å². The molecule has 0 bridgehead atoms. The van der Waals surface area contributed by atoms with E-state index in [9.17, 15) is 32.0 Å². The van der Waals surface area contributed by atoms with Gasteiger partial charge in [0.25, 0.3) is 0 Å². The number of fused-ring (bicyclic) bond motifs is 3. The molecule has 0 saturated carbocycles. The number of piperazine rings is 1. The molecular weight excluding hydrogens is 684 g/mol. The van der Waals surface area contributed by atoms with Crippen molar-refractivity contribution in [2.75, 3.05) is 50.0 Å². The molecule has 4 aromatic rings. The Labute approximate surface area is 286 Å². The standard InChI is InChI=1S/C34H31F6N7O2S/c1-3-24(48)45-9-10-47(17(2)14-45)31-20-11-22(34(38,39)40)26(19-5-6-23(36)29-25(19)21(13-41)30(42)50-29)27(37)28(20)43-32(44-31)49-16-33-7-4-8-46(33)15-18(35)12-33/h3,5-6,11,17-18H,1,4,7-10,12,14-16,42H2,2H3. The smallest absolute Gasteiger partial charge is 0.417 e. The number of rotatable bonds is 6. The average molecular weight is 716 g/mol. The van der Waals surface area contributed by atoms with Gasteiger partial charge >= 0.3 is 12.2 Å². The van der Waals surface area contributed by atoms with E-state index in [2.05, 4.69) is 16.5 Å². The number of nitriles is 1. The Hall–Kier alpha value is -4.62. The van der Waals surface area contributed by atoms with Gasteiger partial charge in [-0.1, -0.05) is 12.6 Å². The number of carbonyl (C=O) groups excluding carboxylic acids is 1. The third kappa shape index (κ3) is 5.47. The zero-order valence-electron chi connectivity index (χ0n) is 26.8. The van der Waals surface area contributed by atoms with Crippen molar-refractivity contribution in [3.05, 3.63) is 53.6 Å². The lowest BCUT2D eigenvalue weighted by atomic mass is 9.92. The molecule has 2 aromatic carbocycles. The highest BCUT2D eigenvalue weighted by Crippen LogP contribution is 2.48. The predicted molar refractivity (Wildman–Crippen MR) is 177 cm³/mol. The predicted octanol–water partition coefficient (Wildman–Crippen LogP) is 6.44. The van der Waals surface area contributed by atoms with E-state index in [1.807, 2.05) is 11.0 Å². The first-order valence-electron chi connectivity index (χ1n) is 16.0. The zero-order valence-corrected chi connectivity index (χ0v) is 27.6. The minimum Gasteiger partial charge on any atom is -0.461 e. The number of nitrogens with two attached hydrogens (primary N) is 1. The molecule has 3 aliphatic rings. The Balaban J connectivity index is 1.45. The molecule has 16 heteroatoms. The number of halogens is 6. The molecule has 3 unspecified atom stereocenters. The molecule has 1 amide bonds. The second kappa shape index (κ2) is 12.3. The van der Waals surface area contributed by atoms with Crippen LogP contribution in [0.15, 0.2) is 30.9 Å². The van der Waals surface area contributed by atoms with Crippen LogP contribution in [0.5, 0.6) is 6.01 Å². The zero-order chi connectivity index (χ0) is 35.7. The fraction of sp³-hybridized carbons (Fsp3) is 0.412. The maximum absolute atomic E-state index is 17.1. The summed E-state index contributed by atoms with van der Waals surface area (Å²) in [5.74, 6) is -2.58. The summed E-state index contributed by atoms with van der Waals surface area (Å²) < 4.78 is 97.3. The van der Waals surface area contributed by atoms with Crippen LogP contribution in [0.3, 0.4) is 0 Å². The largest absolute Gasteiger partial charge is 0.461 e. The number of thiophene rings is 1. The molecule has 2 N–H and O–H groups in total. The lowest BCUT2D eigenvalue weighted by Crippen LogP contribution is -2.53. The quantitative estimate of drug-likeness (QED) is 0.180. The highest BCUT2D eigenvalue weighted by atomic mass is 32.1. The van der Waals surface area contributed by atoms with Crippen molar-refractivity contribution in [3.8, 4) is 23.2 Å². The van der Waals surface area contributed by atoms with E-state index in [4.69, 9.17) is 10.5 Å². The molecule has 2 aromatic heterocycles. The number of hydrogen-bond donors (Lipinski definition) is 1. The first kappa shape index (κ1) is 33.9. The molecule has 5 heterocycles. The number of nitrogens with zero attached hydrogens (tertiary/aromatic N) is 6. The maximum Gasteiger partial charge on any atom is 0.417 e. The SMILES string of the molecule is C=CC(=O)N1CCN(c2nc(OCC34CCCN3CC(F)C4)nc3c(F)c(-c4ccc(F)c5sc(N)c(C#N)c45)c(C(F)(F)F)cc23)C(C)C1. The maximum atomic E-state index is 17.1. The van der Waals surface area contributed by atoms with Crippen molar-refractivity contribution in [2.45, 2.75) is 50.1 Å². The van der Waals surface area contributed by atoms with Crippen LogP contribution in [0.2, 0.25) is 0 Å². The number of benzene rings is 2. The fourth-order valence-electron chi connectivity index (χ4n) is 7.72. The number of aromatic nitrogens is 2. The number of nitrogen functional groups attached to an aromatic ring is 1. The summed E-state index contributed by atoms with van der Waals surface area (Å²) in [7, 11) is 0. The molecule has 7 rings (SSSR count). The Morgan fingerprint density at radius 1 is 1.24 bits per heavy atom. The summed E-state index contributed by atoms with van der Waals surface area (Å²) in [5, 5.41) is 9.17. The Kier molecular flexibility index (Phi) is 8.33. The summed E-state index contributed by atoms with van der Waals surface area (Å²) >= 11 is 0.674. The second-order valence-corrected chi connectivity index (χ2v) is 14.0. The topological polar surface area (TPSA) is 112 Å². The van der Waals surface area contributed by atoms with Crippen molar-refractivity contribution in [1.29, 1.82) is 5.26 Å². The highest BCUT2D eigenvalue weighted by Gasteiger charge is 2.49. The lowest BCUT2D eigenvalue weighted by Gasteiger charge is -2.40. The van der Waals surface area contributed by atoms with Gasteiger partial charge in [-0.3, -0.25) is 9.69 Å². The Morgan fingerprint density at radius 2 is 2.02 bits per heavy atom. The molecule has 3 saturated heterocycles. The van der Waals surface area contributed by atoms with Gasteiger partial charge in [-0.15, -0.1) is 11.3 Å². The summed E-state index contributed by atoms with van der Waals surface area (Å²) in [6.07, 6.45) is -3.30. The van der Waals surface area contributed by atoms with Crippen molar-refractivity contribution in [3.63, 3.8) is 0 Å². The molecule has 9 nitrogen and oxygen atoms in total. The summed E-state index contributed by atoms with van der Waals surface area (Å²) in [4.78, 5) is 26.4. The van der Waals surface area contributed by atoms with Crippen molar-refractivity contribution >= 4 is 49.1 Å². The van der Waals surface area contributed by atoms with Gasteiger partial charge in [-0.05, 0) is 50.1 Å². The van der Waals surface area contributed by atoms with Crippen LogP contribution in [0.25, 0.3) is 32.1 Å². The van der Waals surface area contributed by atoms with Gasteiger partial charge in [-0.2, -0.15) is 28.4 Å². The normalized spacial score (nSPS) is 22.7. The molecule has 0 radical (unpaired) electrons. The molecule has 50 heavy (non-hydrogen) atoms. The first-order valence-corrected chi connectivity index (χ1v) is 16.8. The fourth-order valence-corrected chi connectivity index (χ4v) is 8.67. The van der Waals surface area contributed by atoms with Gasteiger partial charge < -0.3 is 20.3 Å². The Bertz CT molecular complexity index is 2100. The molecule has 0 spiro atoms. The van der Waals surface area contributed by atoms with Crippen LogP contribution in [-0.2, 0) is 11.0 Å². The number of carbonyl (C=O) groups is 1. The Morgan fingerprint density at radius 3 is 2.72 bits per heavy atom. The number of anilines is 2. The third-order valence-electron chi connectivity index (χ3n) is 10.0. The number of ether oxygens (including phenoxy) is 1. The van der Waals surface area contributed by atoms with Gasteiger partial charge in [0.2, 0.25) is 5.91 Å². The van der Waals surface area contributed by atoms with Crippen molar-refractivity contribution in [2.24, 2.45) is 0 Å². The molecule has 3 aliphatic heterocycles. The number of hydrogen-bond acceptors (Lipinski definition) is 9. The van der Waals surface area contributed by atoms with Crippen LogP contribution in [-0.4, -0.2) is 82.8 Å². The van der Waals surface area contributed by atoms with Crippen molar-refractivity contribution < 1.29 is 35.9 Å². The summed E-state index contributed by atoms with van der Waals surface area (Å²) in [6, 6.07) is 3.65. The molecule has 262 valence electrons. The molecule has 3 fully saturated rings. The summed E-state index contributed by atoms with van der Waals surface area (Å²) in [5.41, 5.74) is 1.83. The molecule has 3 atom stereocenters. The van der Waals surface area contributed by atoms with E-state index in [1.165, 1.54) is 11.0 Å². The van der Waals surface area contributed by atoms with Crippen molar-refractivity contribution in [1.82, 2.24) is 19.8 Å². The lowest BCUT2D eigenvalue weighted by molar-refractivity contribution is -0.137. The minimum absolute atomic E-state index is 0.0249. The van der Waals surface area contributed by atoms with Crippen LogP contribution in [0.4, 0.5) is 37.2 Å². The van der Waals surface area contributed by atoms with Gasteiger partial charge in [0.05, 0.1) is 21.4 Å². The third-order valence-corrected chi connectivity index (χ3v) is 11.0. The summed E-state index contributed by atoms with van der Waals surface area (Å²) in [6.45, 7) is 6.68. The van der Waals surface area contributed by atoms with E-state index >= 15 is 4.39 Å². The van der Waals surface area contributed by atoms with Gasteiger partial charge in [0.15, 0.2) is 5.82 Å². The number of alkyl halides is 4. The highest BCUT2D eigenvalue weighted by molar-refractivity contribution is 7.23. The second-order valence-electron chi connectivity index (χ2n) is 13.0. The van der Waals surface area contributed by atoms with Gasteiger partial charge in [0, 0.05) is 55.0 Å². The van der Waals surface area contributed by atoms with Crippen LogP contribution in [0.1, 0.15) is 37.3 Å². The van der Waals surface area contributed by atoms with Gasteiger partial charge in [0.1, 0.15) is 41.0 Å². The van der Waals surface area contributed by atoms with E-state index in [0.29, 0.717) is 24.3 Å². The van der Waals surface area contributed by atoms with E-state index < -0.39 is 52.2 Å².